The molecular weight excluding hydrogens is 286 g/mol. The van der Waals surface area contributed by atoms with Crippen molar-refractivity contribution in [2.45, 2.75) is 39.3 Å². The van der Waals surface area contributed by atoms with Gasteiger partial charge < -0.3 is 15.1 Å². The molecule has 1 saturated carbocycles. The van der Waals surface area contributed by atoms with Gasteiger partial charge in [0.25, 0.3) is 5.91 Å². The molecule has 2 fully saturated rings. The first-order valence-electron chi connectivity index (χ1n) is 9.12. The molecule has 4 heteroatoms. The lowest BCUT2D eigenvalue weighted by molar-refractivity contribution is -1.02. The van der Waals surface area contributed by atoms with Gasteiger partial charge in [0.2, 0.25) is 0 Å². The van der Waals surface area contributed by atoms with Crippen LogP contribution in [0.25, 0.3) is 0 Å². The summed E-state index contributed by atoms with van der Waals surface area (Å²) in [6.45, 7) is 10.6. The molecule has 0 radical (unpaired) electrons. The lowest BCUT2D eigenvalue weighted by atomic mass is 10.1. The van der Waals surface area contributed by atoms with Gasteiger partial charge >= 0.3 is 0 Å². The predicted molar refractivity (Wildman–Crippen MR) is 91.5 cm³/mol. The number of piperazine rings is 1. The maximum Gasteiger partial charge on any atom is 0.275 e. The van der Waals surface area contributed by atoms with E-state index >= 15 is 0 Å². The van der Waals surface area contributed by atoms with Gasteiger partial charge in [0.05, 0.1) is 0 Å². The summed E-state index contributed by atoms with van der Waals surface area (Å²) in [5.41, 5.74) is 2.77. The number of hydrogen-bond donors (Lipinski definition) is 3. The van der Waals surface area contributed by atoms with E-state index in [4.69, 9.17) is 0 Å². The number of carbonyl (C=O) groups excluding carboxylic acids is 1. The molecule has 3 N–H and O–H groups in total. The van der Waals surface area contributed by atoms with Gasteiger partial charge in [-0.15, -0.1) is 0 Å². The number of hydrogen-bond acceptors (Lipinski definition) is 1. The Morgan fingerprint density at radius 3 is 2.57 bits per heavy atom. The van der Waals surface area contributed by atoms with Gasteiger partial charge in [-0.25, -0.2) is 0 Å². The fraction of sp³-hybridized carbons (Fsp3) is 0.632. The van der Waals surface area contributed by atoms with Gasteiger partial charge in [-0.2, -0.15) is 0 Å². The van der Waals surface area contributed by atoms with Crippen LogP contribution < -0.4 is 15.1 Å². The normalized spacial score (nSPS) is 25.8. The first kappa shape index (κ1) is 16.5. The van der Waals surface area contributed by atoms with Gasteiger partial charge in [-0.05, 0) is 32.6 Å². The molecule has 1 amide bonds. The van der Waals surface area contributed by atoms with Crippen LogP contribution in [0.1, 0.15) is 30.9 Å². The highest BCUT2D eigenvalue weighted by atomic mass is 16.2. The smallest absolute Gasteiger partial charge is 0.275 e. The molecule has 1 aliphatic heterocycles. The number of benzene rings is 1. The highest BCUT2D eigenvalue weighted by molar-refractivity contribution is 5.77. The Bertz CT molecular complexity index is 533. The predicted octanol–water partition coefficient (Wildman–Crippen LogP) is -0.807. The second-order valence-corrected chi connectivity index (χ2v) is 7.54. The average Bonchev–Trinajstić information content (AvgIpc) is 3.34. The Labute approximate surface area is 139 Å². The summed E-state index contributed by atoms with van der Waals surface area (Å²) in [4.78, 5) is 15.2. The molecule has 2 aliphatic rings. The van der Waals surface area contributed by atoms with E-state index in [1.54, 1.807) is 4.90 Å². The molecular formula is C19H31N3O+2. The Morgan fingerprint density at radius 2 is 1.91 bits per heavy atom. The number of carbonyl (C=O) groups is 1. The van der Waals surface area contributed by atoms with Crippen LogP contribution in [0.2, 0.25) is 0 Å². The van der Waals surface area contributed by atoms with Crippen LogP contribution in [-0.4, -0.2) is 44.7 Å². The van der Waals surface area contributed by atoms with Gasteiger partial charge in [0, 0.05) is 11.6 Å². The van der Waals surface area contributed by atoms with E-state index in [1.165, 1.54) is 28.9 Å². The minimum absolute atomic E-state index is 0.238. The quantitative estimate of drug-likeness (QED) is 0.631. The maximum atomic E-state index is 12.1. The van der Waals surface area contributed by atoms with E-state index in [1.807, 2.05) is 0 Å². The van der Waals surface area contributed by atoms with Gasteiger partial charge in [-0.1, -0.05) is 29.8 Å². The second kappa shape index (κ2) is 7.45. The van der Waals surface area contributed by atoms with E-state index in [0.717, 1.165) is 38.6 Å². The third-order valence-corrected chi connectivity index (χ3v) is 5.33. The number of quaternary nitrogens is 2. The van der Waals surface area contributed by atoms with Crippen LogP contribution in [0.15, 0.2) is 24.3 Å². The third kappa shape index (κ3) is 5.05. The van der Waals surface area contributed by atoms with E-state index in [-0.39, 0.29) is 5.91 Å². The van der Waals surface area contributed by atoms with Crippen molar-refractivity contribution >= 4 is 5.91 Å². The van der Waals surface area contributed by atoms with Crippen molar-refractivity contribution in [2.24, 2.45) is 5.92 Å². The van der Waals surface area contributed by atoms with E-state index in [0.29, 0.717) is 12.6 Å². The molecule has 1 aromatic rings. The van der Waals surface area contributed by atoms with Crippen LogP contribution >= 0.6 is 0 Å². The molecule has 1 atom stereocenters. The minimum atomic E-state index is 0.238. The summed E-state index contributed by atoms with van der Waals surface area (Å²) in [7, 11) is 0. The van der Waals surface area contributed by atoms with Crippen LogP contribution in [0.4, 0.5) is 0 Å². The largest absolute Gasteiger partial charge is 0.348 e. The second-order valence-electron chi connectivity index (χ2n) is 7.54. The Kier molecular flexibility index (Phi) is 5.34. The molecule has 4 nitrogen and oxygen atoms in total. The minimum Gasteiger partial charge on any atom is -0.348 e. The average molecular weight is 317 g/mol. The lowest BCUT2D eigenvalue weighted by Crippen LogP contribution is -3.28. The fourth-order valence-electron chi connectivity index (χ4n) is 3.67. The van der Waals surface area contributed by atoms with Crippen molar-refractivity contribution in [1.29, 1.82) is 0 Å². The zero-order valence-corrected chi connectivity index (χ0v) is 14.5. The van der Waals surface area contributed by atoms with Crippen LogP contribution in [0, 0.1) is 12.8 Å². The SMILES string of the molecule is Cc1cccc(C[NH+]2CC[NH+](CC(=O)N[C@@H](C)C3CC3)CC2)c1. The number of nitrogens with one attached hydrogen (secondary N) is 3. The van der Waals surface area contributed by atoms with Crippen molar-refractivity contribution < 1.29 is 14.6 Å². The van der Waals surface area contributed by atoms with E-state index in [9.17, 15) is 4.79 Å². The summed E-state index contributed by atoms with van der Waals surface area (Å²) in [5.74, 6) is 0.978. The highest BCUT2D eigenvalue weighted by Crippen LogP contribution is 2.32. The van der Waals surface area contributed by atoms with Crippen molar-refractivity contribution in [3.05, 3.63) is 35.4 Å². The van der Waals surface area contributed by atoms with E-state index < -0.39 is 0 Å². The molecule has 0 unspecified atom stereocenters. The first-order valence-corrected chi connectivity index (χ1v) is 9.12. The Morgan fingerprint density at radius 1 is 1.22 bits per heavy atom. The summed E-state index contributed by atoms with van der Waals surface area (Å²) >= 11 is 0. The number of aryl methyl sites for hydroxylation is 1. The van der Waals surface area contributed by atoms with Crippen LogP contribution in [0.3, 0.4) is 0 Å². The maximum absolute atomic E-state index is 12.1. The lowest BCUT2D eigenvalue weighted by Gasteiger charge is -2.29. The van der Waals surface area contributed by atoms with Crippen LogP contribution in [0.5, 0.6) is 0 Å². The molecule has 1 heterocycles. The third-order valence-electron chi connectivity index (χ3n) is 5.33. The molecule has 0 spiro atoms. The standard InChI is InChI=1S/C19H29N3O/c1-15-4-3-5-17(12-15)13-21-8-10-22(11-9-21)14-19(23)20-16(2)18-6-7-18/h3-5,12,16,18H,6-11,13-14H2,1-2H3,(H,20,23)/p+2/t16-/m0/s1. The van der Waals surface area contributed by atoms with Crippen molar-refractivity contribution in [3.8, 4) is 0 Å². The van der Waals surface area contributed by atoms with Gasteiger partial charge in [0.15, 0.2) is 6.54 Å². The van der Waals surface area contributed by atoms with Crippen LogP contribution in [-0.2, 0) is 11.3 Å². The van der Waals surface area contributed by atoms with Gasteiger partial charge in [-0.3, -0.25) is 4.79 Å². The topological polar surface area (TPSA) is 38.0 Å². The molecule has 126 valence electrons. The molecule has 23 heavy (non-hydrogen) atoms. The molecule has 0 aromatic heterocycles. The van der Waals surface area contributed by atoms with Crippen molar-refractivity contribution in [2.75, 3.05) is 32.7 Å². The summed E-state index contributed by atoms with van der Waals surface area (Å²) < 4.78 is 0. The highest BCUT2D eigenvalue weighted by Gasteiger charge is 2.30. The molecule has 3 rings (SSSR count). The number of rotatable bonds is 6. The first-order chi connectivity index (χ1) is 11.1. The Balaban J connectivity index is 1.38. The molecule has 1 aliphatic carbocycles. The summed E-state index contributed by atoms with van der Waals surface area (Å²) in [5, 5.41) is 3.18. The Hall–Kier alpha value is -1.39. The van der Waals surface area contributed by atoms with Crippen molar-refractivity contribution in [3.63, 3.8) is 0 Å². The van der Waals surface area contributed by atoms with Crippen molar-refractivity contribution in [1.82, 2.24) is 5.32 Å². The molecule has 0 bridgehead atoms. The molecule has 1 aromatic carbocycles. The zero-order chi connectivity index (χ0) is 16.2. The zero-order valence-electron chi connectivity index (χ0n) is 14.5. The van der Waals surface area contributed by atoms with E-state index in [2.05, 4.69) is 43.4 Å². The summed E-state index contributed by atoms with van der Waals surface area (Å²) in [6, 6.07) is 9.19. The van der Waals surface area contributed by atoms with Gasteiger partial charge in [0.1, 0.15) is 32.7 Å². The summed E-state index contributed by atoms with van der Waals surface area (Å²) in [6.07, 6.45) is 2.57. The molecule has 1 saturated heterocycles. The monoisotopic (exact) mass is 317 g/mol. The number of amides is 1. The fourth-order valence-corrected chi connectivity index (χ4v) is 3.67.